The number of halogens is 1. The summed E-state index contributed by atoms with van der Waals surface area (Å²) in [6.45, 7) is 1.34. The van der Waals surface area contributed by atoms with E-state index in [1.807, 2.05) is 24.3 Å². The summed E-state index contributed by atoms with van der Waals surface area (Å²) in [5.74, 6) is -0.424. The third kappa shape index (κ3) is 2.79. The topological polar surface area (TPSA) is 38.7 Å². The third-order valence-corrected chi connectivity index (χ3v) is 4.60. The summed E-state index contributed by atoms with van der Waals surface area (Å²) in [5, 5.41) is 11.4. The molecule has 0 radical (unpaired) electrons. The zero-order valence-electron chi connectivity index (χ0n) is 10.9. The van der Waals surface area contributed by atoms with Gasteiger partial charge in [0.15, 0.2) is 5.79 Å². The smallest absolute Gasteiger partial charge is 0.168 e. The molecular weight excluding hydrogens is 264 g/mol. The molecule has 1 saturated carbocycles. The van der Waals surface area contributed by atoms with Crippen LogP contribution in [0.5, 0.6) is 0 Å². The highest BCUT2D eigenvalue weighted by Gasteiger charge is 2.45. The van der Waals surface area contributed by atoms with Gasteiger partial charge in [0.05, 0.1) is 18.8 Å². The van der Waals surface area contributed by atoms with Crippen LogP contribution in [0.15, 0.2) is 24.3 Å². The standard InChI is InChI=1S/C15H19ClO3/c16-13-4-2-1-3-12(13)11-14(17)5-7-15(8-6-14)18-9-10-19-15/h1-4,17H,5-11H2. The molecule has 1 aromatic carbocycles. The molecule has 1 heterocycles. The van der Waals surface area contributed by atoms with Gasteiger partial charge in [-0.15, -0.1) is 0 Å². The minimum absolute atomic E-state index is 0.424. The monoisotopic (exact) mass is 282 g/mol. The van der Waals surface area contributed by atoms with Crippen molar-refractivity contribution in [3.8, 4) is 0 Å². The van der Waals surface area contributed by atoms with Gasteiger partial charge < -0.3 is 14.6 Å². The first-order valence-electron chi connectivity index (χ1n) is 6.85. The summed E-state index contributed by atoms with van der Waals surface area (Å²) in [5.41, 5.74) is 0.321. The molecule has 0 amide bonds. The lowest BCUT2D eigenvalue weighted by molar-refractivity contribution is -0.202. The van der Waals surface area contributed by atoms with Crippen LogP contribution < -0.4 is 0 Å². The van der Waals surface area contributed by atoms with Crippen molar-refractivity contribution in [2.75, 3.05) is 13.2 Å². The molecule has 0 unspecified atom stereocenters. The maximum atomic E-state index is 10.7. The minimum Gasteiger partial charge on any atom is -0.390 e. The molecule has 1 aliphatic heterocycles. The Labute approximate surface area is 118 Å². The van der Waals surface area contributed by atoms with Gasteiger partial charge in [0.1, 0.15) is 0 Å². The van der Waals surface area contributed by atoms with Gasteiger partial charge in [-0.3, -0.25) is 0 Å². The second kappa shape index (κ2) is 5.06. The van der Waals surface area contributed by atoms with Gasteiger partial charge in [0.2, 0.25) is 0 Å². The predicted molar refractivity (Wildman–Crippen MR) is 73.2 cm³/mol. The highest BCUT2D eigenvalue weighted by atomic mass is 35.5. The highest BCUT2D eigenvalue weighted by Crippen LogP contribution is 2.41. The van der Waals surface area contributed by atoms with Gasteiger partial charge in [-0.2, -0.15) is 0 Å². The molecule has 1 N–H and O–H groups in total. The molecule has 1 spiro atoms. The maximum absolute atomic E-state index is 10.7. The van der Waals surface area contributed by atoms with E-state index in [0.29, 0.717) is 32.5 Å². The van der Waals surface area contributed by atoms with Crippen molar-refractivity contribution in [1.82, 2.24) is 0 Å². The van der Waals surface area contributed by atoms with Crippen LogP contribution in [0, 0.1) is 0 Å². The highest BCUT2D eigenvalue weighted by molar-refractivity contribution is 6.31. The van der Waals surface area contributed by atoms with E-state index in [9.17, 15) is 5.11 Å². The summed E-state index contributed by atoms with van der Waals surface area (Å²) in [6.07, 6.45) is 3.50. The fraction of sp³-hybridized carbons (Fsp3) is 0.600. The first-order valence-corrected chi connectivity index (χ1v) is 7.22. The quantitative estimate of drug-likeness (QED) is 0.906. The summed E-state index contributed by atoms with van der Waals surface area (Å²) in [4.78, 5) is 0. The molecule has 4 heteroatoms. The Bertz CT molecular complexity index is 444. The lowest BCUT2D eigenvalue weighted by Crippen LogP contribution is -2.44. The number of aliphatic hydroxyl groups is 1. The lowest BCUT2D eigenvalue weighted by Gasteiger charge is -2.40. The van der Waals surface area contributed by atoms with Gasteiger partial charge in [-0.1, -0.05) is 29.8 Å². The third-order valence-electron chi connectivity index (χ3n) is 4.23. The van der Waals surface area contributed by atoms with E-state index in [-0.39, 0.29) is 0 Å². The van der Waals surface area contributed by atoms with Crippen molar-refractivity contribution >= 4 is 11.6 Å². The molecule has 2 aliphatic rings. The lowest BCUT2D eigenvalue weighted by atomic mass is 9.78. The van der Waals surface area contributed by atoms with Gasteiger partial charge in [0.25, 0.3) is 0 Å². The van der Waals surface area contributed by atoms with E-state index in [2.05, 4.69) is 0 Å². The number of benzene rings is 1. The van der Waals surface area contributed by atoms with Crippen molar-refractivity contribution in [2.24, 2.45) is 0 Å². The number of hydrogen-bond donors (Lipinski definition) is 1. The van der Waals surface area contributed by atoms with Crippen LogP contribution in [0.4, 0.5) is 0 Å². The Kier molecular flexibility index (Phi) is 3.56. The second-order valence-electron chi connectivity index (χ2n) is 5.60. The molecule has 3 rings (SSSR count). The molecule has 19 heavy (non-hydrogen) atoms. The largest absolute Gasteiger partial charge is 0.390 e. The van der Waals surface area contributed by atoms with E-state index < -0.39 is 11.4 Å². The van der Waals surface area contributed by atoms with Crippen LogP contribution in [-0.2, 0) is 15.9 Å². The molecule has 1 aromatic rings. The molecule has 0 aromatic heterocycles. The molecule has 2 fully saturated rings. The summed E-state index contributed by atoms with van der Waals surface area (Å²) in [7, 11) is 0. The van der Waals surface area contributed by atoms with Crippen molar-refractivity contribution in [3.63, 3.8) is 0 Å². The van der Waals surface area contributed by atoms with Gasteiger partial charge in [-0.05, 0) is 24.5 Å². The zero-order chi connectivity index (χ0) is 13.3. The zero-order valence-corrected chi connectivity index (χ0v) is 11.7. The van der Waals surface area contributed by atoms with Crippen LogP contribution in [0.3, 0.4) is 0 Å². The van der Waals surface area contributed by atoms with Crippen molar-refractivity contribution in [3.05, 3.63) is 34.9 Å². The molecule has 1 aliphatic carbocycles. The fourth-order valence-corrected chi connectivity index (χ4v) is 3.26. The van der Waals surface area contributed by atoms with Crippen molar-refractivity contribution in [2.45, 2.75) is 43.5 Å². The SMILES string of the molecule is OC1(Cc2ccccc2Cl)CCC2(CC1)OCCO2. The van der Waals surface area contributed by atoms with E-state index >= 15 is 0 Å². The summed E-state index contributed by atoms with van der Waals surface area (Å²) >= 11 is 6.17. The maximum Gasteiger partial charge on any atom is 0.168 e. The fourth-order valence-electron chi connectivity index (χ4n) is 3.05. The molecular formula is C15H19ClO3. The minimum atomic E-state index is -0.689. The van der Waals surface area contributed by atoms with E-state index in [4.69, 9.17) is 21.1 Å². The normalized spacial score (nSPS) is 24.7. The van der Waals surface area contributed by atoms with E-state index in [0.717, 1.165) is 23.4 Å². The number of hydrogen-bond acceptors (Lipinski definition) is 3. The predicted octanol–water partition coefficient (Wildman–Crippen LogP) is 2.93. The van der Waals surface area contributed by atoms with Crippen LogP contribution in [-0.4, -0.2) is 29.7 Å². The Balaban J connectivity index is 1.67. The first kappa shape index (κ1) is 13.4. The van der Waals surface area contributed by atoms with Crippen LogP contribution in [0.1, 0.15) is 31.2 Å². The Hall–Kier alpha value is -0.610. The molecule has 3 nitrogen and oxygen atoms in total. The Morgan fingerprint density at radius 1 is 1.05 bits per heavy atom. The second-order valence-corrected chi connectivity index (χ2v) is 6.01. The van der Waals surface area contributed by atoms with E-state index in [1.54, 1.807) is 0 Å². The summed E-state index contributed by atoms with van der Waals surface area (Å²) < 4.78 is 11.4. The van der Waals surface area contributed by atoms with Crippen LogP contribution in [0.2, 0.25) is 5.02 Å². The molecule has 0 bridgehead atoms. The molecule has 0 atom stereocenters. The average Bonchev–Trinajstić information content (AvgIpc) is 2.86. The van der Waals surface area contributed by atoms with E-state index in [1.165, 1.54) is 0 Å². The summed E-state index contributed by atoms with van der Waals surface area (Å²) in [6, 6.07) is 7.71. The Morgan fingerprint density at radius 3 is 2.32 bits per heavy atom. The van der Waals surface area contributed by atoms with Gasteiger partial charge in [0, 0.05) is 24.3 Å². The van der Waals surface area contributed by atoms with Gasteiger partial charge in [-0.25, -0.2) is 0 Å². The molecule has 104 valence electrons. The molecule has 1 saturated heterocycles. The number of rotatable bonds is 2. The van der Waals surface area contributed by atoms with Crippen molar-refractivity contribution < 1.29 is 14.6 Å². The number of ether oxygens (including phenoxy) is 2. The van der Waals surface area contributed by atoms with Gasteiger partial charge >= 0.3 is 0 Å². The first-order chi connectivity index (χ1) is 9.11. The average molecular weight is 283 g/mol. The van der Waals surface area contributed by atoms with Crippen LogP contribution >= 0.6 is 11.6 Å². The van der Waals surface area contributed by atoms with Crippen LogP contribution in [0.25, 0.3) is 0 Å². The Morgan fingerprint density at radius 2 is 1.68 bits per heavy atom. The van der Waals surface area contributed by atoms with Crippen molar-refractivity contribution in [1.29, 1.82) is 0 Å².